The highest BCUT2D eigenvalue weighted by Crippen LogP contribution is 2.34. The molecule has 2 aliphatic rings. The van der Waals surface area contributed by atoms with E-state index in [1.54, 1.807) is 0 Å². The molecule has 6 nitrogen and oxygen atoms in total. The lowest BCUT2D eigenvalue weighted by atomic mass is 9.97. The molecule has 1 N–H and O–H groups in total. The lowest BCUT2D eigenvalue weighted by Crippen LogP contribution is -2.44. The highest BCUT2D eigenvalue weighted by Gasteiger charge is 2.30. The first-order valence-electron chi connectivity index (χ1n) is 7.86. The normalized spacial score (nSPS) is 25.0. The number of hydrogen-bond donors (Lipinski definition) is 1. The van der Waals surface area contributed by atoms with Gasteiger partial charge in [0, 0.05) is 24.7 Å². The van der Waals surface area contributed by atoms with E-state index in [0.29, 0.717) is 17.5 Å². The summed E-state index contributed by atoms with van der Waals surface area (Å²) in [6, 6.07) is 5.86. The Bertz CT molecular complexity index is 705. The quantitative estimate of drug-likeness (QED) is 0.906. The van der Waals surface area contributed by atoms with E-state index in [-0.39, 0.29) is 12.0 Å². The van der Waals surface area contributed by atoms with Gasteiger partial charge in [0.2, 0.25) is 5.89 Å². The number of benzene rings is 1. The minimum atomic E-state index is 0.0732. The third kappa shape index (κ3) is 2.94. The van der Waals surface area contributed by atoms with Crippen molar-refractivity contribution in [2.24, 2.45) is 0 Å². The van der Waals surface area contributed by atoms with Gasteiger partial charge in [-0.3, -0.25) is 4.90 Å². The van der Waals surface area contributed by atoms with Gasteiger partial charge in [-0.05, 0) is 37.2 Å². The van der Waals surface area contributed by atoms with E-state index < -0.39 is 0 Å². The summed E-state index contributed by atoms with van der Waals surface area (Å²) in [5.74, 6) is 2.35. The van der Waals surface area contributed by atoms with Gasteiger partial charge in [0.05, 0.1) is 12.0 Å². The van der Waals surface area contributed by atoms with Crippen LogP contribution in [0.3, 0.4) is 0 Å². The molecule has 122 valence electrons. The maximum absolute atomic E-state index is 6.07. The van der Waals surface area contributed by atoms with Crippen molar-refractivity contribution in [2.45, 2.75) is 18.4 Å². The standard InChI is InChI=1S/C16H19ClN4O2/c1-21-5-4-18-8-13(21)15-19-16(23-20-15)11-6-10-7-12(17)2-3-14(10)22-9-11/h2-3,7,11,13,18H,4-6,8-9H2,1H3. The van der Waals surface area contributed by atoms with Crippen molar-refractivity contribution >= 4 is 11.6 Å². The van der Waals surface area contributed by atoms with Crippen LogP contribution in [0.1, 0.15) is 29.2 Å². The number of hydrogen-bond acceptors (Lipinski definition) is 6. The van der Waals surface area contributed by atoms with E-state index >= 15 is 0 Å². The fourth-order valence-corrected chi connectivity index (χ4v) is 3.36. The highest BCUT2D eigenvalue weighted by molar-refractivity contribution is 6.30. The van der Waals surface area contributed by atoms with Gasteiger partial charge in [-0.2, -0.15) is 4.98 Å². The number of fused-ring (bicyclic) bond motifs is 1. The van der Waals surface area contributed by atoms with E-state index in [0.717, 1.165) is 43.2 Å². The summed E-state index contributed by atoms with van der Waals surface area (Å²) in [4.78, 5) is 6.88. The Kier molecular flexibility index (Phi) is 3.97. The van der Waals surface area contributed by atoms with Gasteiger partial charge in [0.1, 0.15) is 12.4 Å². The van der Waals surface area contributed by atoms with Gasteiger partial charge in [0.25, 0.3) is 0 Å². The number of halogens is 1. The monoisotopic (exact) mass is 334 g/mol. The molecule has 4 rings (SSSR count). The van der Waals surface area contributed by atoms with Crippen LogP contribution >= 0.6 is 11.6 Å². The number of nitrogens with zero attached hydrogens (tertiary/aromatic N) is 3. The molecule has 0 aliphatic carbocycles. The van der Waals surface area contributed by atoms with Crippen molar-refractivity contribution in [3.63, 3.8) is 0 Å². The van der Waals surface area contributed by atoms with Crippen LogP contribution in [-0.4, -0.2) is 48.3 Å². The molecule has 0 radical (unpaired) electrons. The number of aromatic nitrogens is 2. The first-order valence-corrected chi connectivity index (χ1v) is 8.24. The van der Waals surface area contributed by atoms with E-state index in [4.69, 9.17) is 20.9 Å². The summed E-state index contributed by atoms with van der Waals surface area (Å²) in [5, 5.41) is 8.28. The highest BCUT2D eigenvalue weighted by atomic mass is 35.5. The molecule has 0 bridgehead atoms. The van der Waals surface area contributed by atoms with Crippen molar-refractivity contribution in [1.29, 1.82) is 0 Å². The van der Waals surface area contributed by atoms with Gasteiger partial charge in [-0.15, -0.1) is 0 Å². The zero-order valence-corrected chi connectivity index (χ0v) is 13.7. The molecule has 3 heterocycles. The van der Waals surface area contributed by atoms with Gasteiger partial charge in [-0.25, -0.2) is 0 Å². The zero-order valence-electron chi connectivity index (χ0n) is 13.0. The SMILES string of the molecule is CN1CCNCC1c1noc(C2COc3ccc(Cl)cc3C2)n1. The average Bonchev–Trinajstić information content (AvgIpc) is 3.04. The predicted octanol–water partition coefficient (Wildman–Crippen LogP) is 2.02. The van der Waals surface area contributed by atoms with Crippen molar-refractivity contribution in [3.8, 4) is 5.75 Å². The van der Waals surface area contributed by atoms with Gasteiger partial charge < -0.3 is 14.6 Å². The maximum atomic E-state index is 6.07. The minimum absolute atomic E-state index is 0.0732. The average molecular weight is 335 g/mol. The fourth-order valence-electron chi connectivity index (χ4n) is 3.16. The zero-order chi connectivity index (χ0) is 15.8. The number of ether oxygens (including phenoxy) is 1. The third-order valence-corrected chi connectivity index (χ3v) is 4.78. The third-order valence-electron chi connectivity index (χ3n) is 4.54. The number of likely N-dealkylation sites (N-methyl/N-ethyl adjacent to an activating group) is 1. The molecule has 1 fully saturated rings. The second-order valence-electron chi connectivity index (χ2n) is 6.16. The number of rotatable bonds is 2. The molecular formula is C16H19ClN4O2. The smallest absolute Gasteiger partial charge is 0.233 e. The molecule has 2 atom stereocenters. The molecule has 7 heteroatoms. The molecule has 2 aliphatic heterocycles. The maximum Gasteiger partial charge on any atom is 0.233 e. The van der Waals surface area contributed by atoms with E-state index in [2.05, 4.69) is 27.4 Å². The summed E-state index contributed by atoms with van der Waals surface area (Å²) in [6.07, 6.45) is 0.802. The molecule has 23 heavy (non-hydrogen) atoms. The molecule has 0 spiro atoms. The topological polar surface area (TPSA) is 63.4 Å². The fraction of sp³-hybridized carbons (Fsp3) is 0.500. The molecule has 1 saturated heterocycles. The lowest BCUT2D eigenvalue weighted by molar-refractivity contribution is 0.189. The first kappa shape index (κ1) is 14.9. The molecule has 0 saturated carbocycles. The molecule has 2 unspecified atom stereocenters. The summed E-state index contributed by atoms with van der Waals surface area (Å²) in [6.45, 7) is 3.36. The van der Waals surface area contributed by atoms with Crippen LogP contribution in [-0.2, 0) is 6.42 Å². The van der Waals surface area contributed by atoms with E-state index in [1.807, 2.05) is 18.2 Å². The van der Waals surface area contributed by atoms with Crippen LogP contribution in [0.4, 0.5) is 0 Å². The Labute approximate surface area is 139 Å². The molecule has 0 amide bonds. The van der Waals surface area contributed by atoms with E-state index in [9.17, 15) is 0 Å². The van der Waals surface area contributed by atoms with Crippen molar-refractivity contribution in [3.05, 3.63) is 40.5 Å². The molecular weight excluding hydrogens is 316 g/mol. The summed E-state index contributed by atoms with van der Waals surface area (Å²) in [7, 11) is 2.09. The first-order chi connectivity index (χ1) is 11.2. The van der Waals surface area contributed by atoms with Crippen LogP contribution in [0.5, 0.6) is 5.75 Å². The van der Waals surface area contributed by atoms with Gasteiger partial charge in [0.15, 0.2) is 5.82 Å². The largest absolute Gasteiger partial charge is 0.492 e. The van der Waals surface area contributed by atoms with Crippen LogP contribution in [0.2, 0.25) is 5.02 Å². The Balaban J connectivity index is 1.53. The second kappa shape index (κ2) is 6.11. The summed E-state index contributed by atoms with van der Waals surface area (Å²) >= 11 is 6.07. The van der Waals surface area contributed by atoms with Crippen LogP contribution < -0.4 is 10.1 Å². The minimum Gasteiger partial charge on any atom is -0.492 e. The predicted molar refractivity (Wildman–Crippen MR) is 85.9 cm³/mol. The van der Waals surface area contributed by atoms with Gasteiger partial charge in [-0.1, -0.05) is 16.8 Å². The van der Waals surface area contributed by atoms with Crippen molar-refractivity contribution < 1.29 is 9.26 Å². The molecule has 1 aromatic carbocycles. The Morgan fingerprint density at radius 2 is 2.30 bits per heavy atom. The van der Waals surface area contributed by atoms with E-state index in [1.165, 1.54) is 0 Å². The summed E-state index contributed by atoms with van der Waals surface area (Å²) in [5.41, 5.74) is 1.09. The Hall–Kier alpha value is -1.63. The molecule has 1 aromatic heterocycles. The van der Waals surface area contributed by atoms with Crippen LogP contribution in [0.25, 0.3) is 0 Å². The summed E-state index contributed by atoms with van der Waals surface area (Å²) < 4.78 is 11.3. The lowest BCUT2D eigenvalue weighted by Gasteiger charge is -2.30. The Morgan fingerprint density at radius 3 is 3.17 bits per heavy atom. The van der Waals surface area contributed by atoms with Crippen molar-refractivity contribution in [2.75, 3.05) is 33.3 Å². The van der Waals surface area contributed by atoms with Crippen LogP contribution in [0, 0.1) is 0 Å². The second-order valence-corrected chi connectivity index (χ2v) is 6.59. The Morgan fingerprint density at radius 1 is 1.39 bits per heavy atom. The molecule has 2 aromatic rings. The number of piperazine rings is 1. The van der Waals surface area contributed by atoms with Gasteiger partial charge >= 0.3 is 0 Å². The van der Waals surface area contributed by atoms with Crippen LogP contribution in [0.15, 0.2) is 22.7 Å². The van der Waals surface area contributed by atoms with Crippen molar-refractivity contribution in [1.82, 2.24) is 20.4 Å². The number of nitrogens with one attached hydrogen (secondary N) is 1.